The second kappa shape index (κ2) is 44.6. The summed E-state index contributed by atoms with van der Waals surface area (Å²) in [7, 11) is 8.73. The summed E-state index contributed by atoms with van der Waals surface area (Å²) in [4.78, 5) is 121. The number of nitrogens with two attached hydrogens (primary N) is 1. The normalized spacial score (nSPS) is 10.6. The number of Topliss-reactive ketones (excluding diaryl/α,β-unsaturated/α-hetero) is 4. The van der Waals surface area contributed by atoms with E-state index < -0.39 is 0 Å². The van der Waals surface area contributed by atoms with E-state index in [2.05, 4.69) is 19.9 Å². The van der Waals surface area contributed by atoms with Gasteiger partial charge in [0.1, 0.15) is 11.0 Å². The molecule has 0 saturated carbocycles. The number of anilines is 5. The number of carbonyl (C=O) groups excluding carboxylic acids is 8. The van der Waals surface area contributed by atoms with E-state index in [0.717, 1.165) is 123 Å². The van der Waals surface area contributed by atoms with E-state index in [1.165, 1.54) is 0 Å². The quantitative estimate of drug-likeness (QED) is 0.0339. The molecule has 2 N–H and O–H groups in total. The lowest BCUT2D eigenvalue weighted by Crippen LogP contribution is -2.24. The van der Waals surface area contributed by atoms with Crippen LogP contribution < -0.4 is 30.1 Å². The number of nitrogen functional groups attached to an aromatic ring is 1. The minimum absolute atomic E-state index is 0.0781. The number of nitrogens with zero attached hydrogens (tertiary/aromatic N) is 8. The van der Waals surface area contributed by atoms with Gasteiger partial charge in [-0.25, -0.2) is 15.0 Å². The van der Waals surface area contributed by atoms with Crippen molar-refractivity contribution in [1.29, 1.82) is 0 Å². The van der Waals surface area contributed by atoms with Crippen LogP contribution in [-0.4, -0.2) is 102 Å². The van der Waals surface area contributed by atoms with Crippen LogP contribution in [0.4, 0.5) is 28.6 Å². The lowest BCUT2D eigenvalue weighted by molar-refractivity contribution is -0.118. The number of aromatic nitrogens is 4. The first-order valence-corrected chi connectivity index (χ1v) is 41.2. The monoisotopic (exact) mass is 1640 g/mol. The van der Waals surface area contributed by atoms with E-state index in [9.17, 15) is 38.4 Å². The van der Waals surface area contributed by atoms with Gasteiger partial charge in [0.2, 0.25) is 29.5 Å². The highest BCUT2D eigenvalue weighted by Gasteiger charge is 2.20. The zero-order valence-corrected chi connectivity index (χ0v) is 72.5. The Morgan fingerprint density at radius 3 is 0.884 bits per heavy atom. The van der Waals surface area contributed by atoms with Crippen molar-refractivity contribution in [2.24, 2.45) is 0 Å². The summed E-state index contributed by atoms with van der Waals surface area (Å²) in [5.74, 6) is 1.77. The van der Waals surface area contributed by atoms with Crippen LogP contribution in [0.1, 0.15) is 171 Å². The van der Waals surface area contributed by atoms with E-state index in [0.29, 0.717) is 111 Å². The van der Waals surface area contributed by atoms with Gasteiger partial charge in [0, 0.05) is 161 Å². The molecule has 0 spiro atoms. The highest BCUT2D eigenvalue weighted by molar-refractivity contribution is 6.30. The molecule has 12 rings (SSSR count). The van der Waals surface area contributed by atoms with Crippen molar-refractivity contribution in [1.82, 2.24) is 19.9 Å². The van der Waals surface area contributed by atoms with Gasteiger partial charge in [-0.1, -0.05) is 161 Å². The van der Waals surface area contributed by atoms with Crippen molar-refractivity contribution in [3.05, 3.63) is 321 Å². The lowest BCUT2D eigenvalue weighted by atomic mass is 9.95. The third-order valence-electron chi connectivity index (χ3n) is 21.6. The number of benzene rings is 8. The Balaban J connectivity index is 0.000000183. The molecule has 0 aliphatic rings. The Labute approximate surface area is 716 Å². The molecule has 12 aromatic rings. The summed E-state index contributed by atoms with van der Waals surface area (Å²) in [5.41, 5.74) is 29.7. The number of ketones is 4. The summed E-state index contributed by atoms with van der Waals surface area (Å²) in [6.45, 7) is 17.4. The fourth-order valence-electron chi connectivity index (χ4n) is 14.0. The van der Waals surface area contributed by atoms with Gasteiger partial charge in [0.25, 0.3) is 0 Å². The molecule has 19 heteroatoms. The van der Waals surface area contributed by atoms with Crippen molar-refractivity contribution in [2.75, 3.05) is 60.6 Å². The molecule has 18 nitrogen and oxygen atoms in total. The lowest BCUT2D eigenvalue weighted by Gasteiger charge is -2.17. The second-order valence-corrected chi connectivity index (χ2v) is 30.0. The van der Waals surface area contributed by atoms with E-state index >= 15 is 0 Å². The molecule has 8 aromatic carbocycles. The average molecular weight is 1640 g/mol. The first kappa shape index (κ1) is 91.7. The second-order valence-electron chi connectivity index (χ2n) is 29.6. The van der Waals surface area contributed by atoms with Crippen molar-refractivity contribution in [3.63, 3.8) is 0 Å². The molecule has 4 heterocycles. The van der Waals surface area contributed by atoms with Gasteiger partial charge in [0.15, 0.2) is 23.1 Å². The molecule has 0 aliphatic heterocycles. The zero-order chi connectivity index (χ0) is 87.4. The molecular weight excluding hydrogens is 1530 g/mol. The van der Waals surface area contributed by atoms with E-state index in [1.54, 1.807) is 79.7 Å². The predicted octanol–water partition coefficient (Wildman–Crippen LogP) is 21.5. The van der Waals surface area contributed by atoms with Crippen LogP contribution in [0.2, 0.25) is 5.15 Å². The highest BCUT2D eigenvalue weighted by Crippen LogP contribution is 2.33. The first-order chi connectivity index (χ1) is 58.1. The van der Waals surface area contributed by atoms with Crippen molar-refractivity contribution < 1.29 is 43.1 Å². The van der Waals surface area contributed by atoms with Gasteiger partial charge < -0.3 is 30.1 Å². The van der Waals surface area contributed by atoms with E-state index in [-0.39, 0.29) is 46.8 Å². The van der Waals surface area contributed by atoms with Crippen LogP contribution in [0.25, 0.3) is 44.5 Å². The number of hydrogen-bond donors (Lipinski definition) is 1. The Bertz CT molecular complexity index is 5220. The standard InChI is InChI=1S/C26H28N2O3.C26H28N2O2.C25H25ClN2O2.C25H27N3O2/c1-5-25(30)28(3)22-12-8-19(9-13-22)23-14-10-21(17-18(23)2)24(29)15-11-20-7-6-16-27-26(20)31-4;1-5-26(30)28(4)23-12-8-21(9-13-23)24-14-10-22(17-18(24)2)25(29)15-11-20-7-6-16-27-19(20)3;2*1-4-24(30)28(3)21-11-7-18(8-12-21)22-13-9-20(16-17(22)2)23(29)14-10-19-6-5-15-27-25(19)26/h6-10,12-14,16-17H,5,11,15H2,1-4H3;6-10,12-14,16-17H,5,11,15H2,1-4H3;5-9,11-13,15-16H,4,10,14H2,1-3H3;5-9,11-13,15-16H,4,10,14H2,1-3H3,(H2,26,27). The smallest absolute Gasteiger partial charge is 0.226 e. The van der Waals surface area contributed by atoms with Gasteiger partial charge in [-0.15, -0.1) is 0 Å². The molecule has 4 amide bonds. The van der Waals surface area contributed by atoms with E-state index in [4.69, 9.17) is 22.1 Å². The Morgan fingerprint density at radius 2 is 0.595 bits per heavy atom. The van der Waals surface area contributed by atoms with Crippen LogP contribution in [-0.2, 0) is 44.9 Å². The number of methoxy groups -OCH3 is 1. The average Bonchev–Trinajstić information content (AvgIpc) is 0.827. The summed E-state index contributed by atoms with van der Waals surface area (Å²) >= 11 is 6.08. The SMILES string of the molecule is CCC(=O)N(C)c1ccc(-c2ccc(C(=O)CCc3cccnc3C)cc2C)cc1.CCC(=O)N(C)c1ccc(-c2ccc(C(=O)CCc3cccnc3Cl)cc2C)cc1.CCC(=O)N(C)c1ccc(-c2ccc(C(=O)CCc3cccnc3N)cc2C)cc1.CCC(=O)N(C)c1ccc(-c2ccc(C(=O)CCc3cccnc3OC)cc2C)cc1. The molecule has 622 valence electrons. The zero-order valence-electron chi connectivity index (χ0n) is 71.8. The number of aryl methyl sites for hydroxylation is 9. The third kappa shape index (κ3) is 25.0. The molecule has 0 aliphatic carbocycles. The largest absolute Gasteiger partial charge is 0.481 e. The third-order valence-corrected chi connectivity index (χ3v) is 21.9. The molecule has 0 fully saturated rings. The van der Waals surface area contributed by atoms with Gasteiger partial charge >= 0.3 is 0 Å². The topological polar surface area (TPSA) is 236 Å². The molecule has 0 bridgehead atoms. The van der Waals surface area contributed by atoms with Gasteiger partial charge in [-0.2, -0.15) is 0 Å². The minimum Gasteiger partial charge on any atom is -0.481 e. The number of hydrogen-bond acceptors (Lipinski definition) is 14. The van der Waals surface area contributed by atoms with Crippen molar-refractivity contribution in [3.8, 4) is 50.4 Å². The number of halogens is 1. The Hall–Kier alpha value is -13.2. The van der Waals surface area contributed by atoms with E-state index in [1.807, 2.05) is 281 Å². The Morgan fingerprint density at radius 1 is 0.331 bits per heavy atom. The van der Waals surface area contributed by atoms with Gasteiger partial charge in [0.05, 0.1) is 7.11 Å². The molecule has 0 radical (unpaired) electrons. The van der Waals surface area contributed by atoms with Crippen LogP contribution in [0.5, 0.6) is 5.88 Å². The predicted molar refractivity (Wildman–Crippen MR) is 490 cm³/mol. The highest BCUT2D eigenvalue weighted by atomic mass is 35.5. The van der Waals surface area contributed by atoms with Crippen molar-refractivity contribution >= 4 is 86.9 Å². The number of ether oxygens (including phenoxy) is 1. The number of carbonyl (C=O) groups is 8. The van der Waals surface area contributed by atoms with Gasteiger partial charge in [-0.05, 0) is 241 Å². The summed E-state index contributed by atoms with van der Waals surface area (Å²) in [6.07, 6.45) is 12.7. The maximum Gasteiger partial charge on any atom is 0.226 e. The summed E-state index contributed by atoms with van der Waals surface area (Å²) < 4.78 is 5.27. The van der Waals surface area contributed by atoms with Gasteiger partial charge in [-0.3, -0.25) is 43.3 Å². The molecule has 0 unspecified atom stereocenters. The van der Waals surface area contributed by atoms with Crippen LogP contribution >= 0.6 is 11.6 Å². The molecule has 0 atom stereocenters. The molecule has 0 saturated heterocycles. The van der Waals surface area contributed by atoms with Crippen molar-refractivity contribution in [2.45, 2.75) is 139 Å². The molecule has 4 aromatic heterocycles. The Kier molecular flexibility index (Phi) is 33.8. The number of amides is 4. The number of rotatable bonds is 29. The molecular formula is C102H108ClN9O9. The van der Waals surface area contributed by atoms with Crippen LogP contribution in [0.3, 0.4) is 0 Å². The summed E-state index contributed by atoms with van der Waals surface area (Å²) in [5, 5.41) is 0.451. The number of pyridine rings is 4. The summed E-state index contributed by atoms with van der Waals surface area (Å²) in [6, 6.07) is 70.1. The molecule has 121 heavy (non-hydrogen) atoms. The fourth-order valence-corrected chi connectivity index (χ4v) is 14.3. The van der Waals surface area contributed by atoms with Crippen LogP contribution in [0.15, 0.2) is 243 Å². The first-order valence-electron chi connectivity index (χ1n) is 40.9. The fraction of sp³-hybridized carbons (Fsp3) is 0.255. The van der Waals surface area contributed by atoms with Crippen LogP contribution in [0, 0.1) is 34.6 Å². The maximum atomic E-state index is 12.7. The minimum atomic E-state index is 0.0781. The maximum absolute atomic E-state index is 12.7.